The van der Waals surface area contributed by atoms with Gasteiger partial charge in [-0.25, -0.2) is 0 Å². The highest BCUT2D eigenvalue weighted by molar-refractivity contribution is 5.14. The molecule has 96 valence electrons. The molecular formula is C15H25NO. The van der Waals surface area contributed by atoms with Crippen LogP contribution in [-0.4, -0.2) is 26.3 Å². The molecule has 2 heteroatoms. The van der Waals surface area contributed by atoms with Gasteiger partial charge in [0.1, 0.15) is 0 Å². The third-order valence-electron chi connectivity index (χ3n) is 2.97. The molecule has 0 aliphatic carbocycles. The highest BCUT2D eigenvalue weighted by atomic mass is 16.5. The zero-order chi connectivity index (χ0) is 12.5. The fourth-order valence-electron chi connectivity index (χ4n) is 1.88. The van der Waals surface area contributed by atoms with Gasteiger partial charge in [0.15, 0.2) is 0 Å². The average molecular weight is 235 g/mol. The number of hydrogen-bond donors (Lipinski definition) is 1. The molecule has 0 saturated carbocycles. The van der Waals surface area contributed by atoms with Gasteiger partial charge >= 0.3 is 0 Å². The van der Waals surface area contributed by atoms with Crippen molar-refractivity contribution in [2.45, 2.75) is 32.7 Å². The lowest BCUT2D eigenvalue weighted by atomic mass is 10.1. The second-order valence-electron chi connectivity index (χ2n) is 4.89. The van der Waals surface area contributed by atoms with Crippen molar-refractivity contribution in [3.8, 4) is 0 Å². The maximum absolute atomic E-state index is 5.13. The molecule has 0 spiro atoms. The van der Waals surface area contributed by atoms with Crippen molar-refractivity contribution < 1.29 is 4.74 Å². The van der Waals surface area contributed by atoms with E-state index in [9.17, 15) is 0 Å². The van der Waals surface area contributed by atoms with Gasteiger partial charge < -0.3 is 10.1 Å². The van der Waals surface area contributed by atoms with Crippen molar-refractivity contribution in [3.63, 3.8) is 0 Å². The predicted molar refractivity (Wildman–Crippen MR) is 73.3 cm³/mol. The minimum Gasteiger partial charge on any atom is -0.384 e. The van der Waals surface area contributed by atoms with Gasteiger partial charge in [0.05, 0.1) is 0 Å². The van der Waals surface area contributed by atoms with E-state index in [0.29, 0.717) is 12.0 Å². The fourth-order valence-corrected chi connectivity index (χ4v) is 1.88. The van der Waals surface area contributed by atoms with Crippen LogP contribution in [0.1, 0.15) is 25.8 Å². The van der Waals surface area contributed by atoms with Crippen LogP contribution in [0.25, 0.3) is 0 Å². The van der Waals surface area contributed by atoms with Gasteiger partial charge in [-0.2, -0.15) is 0 Å². The zero-order valence-corrected chi connectivity index (χ0v) is 11.3. The predicted octanol–water partition coefficient (Wildman–Crippen LogP) is 2.88. The molecule has 2 atom stereocenters. The lowest BCUT2D eigenvalue weighted by molar-refractivity contribution is 0.157. The summed E-state index contributed by atoms with van der Waals surface area (Å²) in [4.78, 5) is 0. The smallest absolute Gasteiger partial charge is 0.0499 e. The molecule has 0 radical (unpaired) electrons. The Balaban J connectivity index is 2.15. The maximum Gasteiger partial charge on any atom is 0.0499 e. The van der Waals surface area contributed by atoms with Gasteiger partial charge in [-0.3, -0.25) is 0 Å². The van der Waals surface area contributed by atoms with Gasteiger partial charge in [0.2, 0.25) is 0 Å². The second-order valence-corrected chi connectivity index (χ2v) is 4.89. The van der Waals surface area contributed by atoms with E-state index in [4.69, 9.17) is 4.74 Å². The molecule has 2 unspecified atom stereocenters. The summed E-state index contributed by atoms with van der Waals surface area (Å²) in [6.07, 6.45) is 2.33. The van der Waals surface area contributed by atoms with E-state index in [1.807, 2.05) is 0 Å². The number of methoxy groups -OCH3 is 1. The molecular weight excluding hydrogens is 210 g/mol. The van der Waals surface area contributed by atoms with Gasteiger partial charge in [0.25, 0.3) is 0 Å². The standard InChI is InChI=1S/C15H25NO/c1-13(12-17-3)11-16-14(2)9-10-15-7-5-4-6-8-15/h4-8,13-14,16H,9-12H2,1-3H3. The van der Waals surface area contributed by atoms with E-state index in [0.717, 1.165) is 19.6 Å². The van der Waals surface area contributed by atoms with Crippen LogP contribution < -0.4 is 5.32 Å². The summed E-state index contributed by atoms with van der Waals surface area (Å²) in [5, 5.41) is 3.56. The lowest BCUT2D eigenvalue weighted by Gasteiger charge is -2.17. The van der Waals surface area contributed by atoms with Crippen molar-refractivity contribution in [2.24, 2.45) is 5.92 Å². The molecule has 1 rings (SSSR count). The highest BCUT2D eigenvalue weighted by Gasteiger charge is 2.05. The van der Waals surface area contributed by atoms with Crippen molar-refractivity contribution in [2.75, 3.05) is 20.3 Å². The third-order valence-corrected chi connectivity index (χ3v) is 2.97. The third kappa shape index (κ3) is 6.44. The molecule has 0 amide bonds. The molecule has 17 heavy (non-hydrogen) atoms. The Kier molecular flexibility index (Phi) is 6.90. The molecule has 1 aromatic carbocycles. The Hall–Kier alpha value is -0.860. The summed E-state index contributed by atoms with van der Waals surface area (Å²) < 4.78 is 5.13. The molecule has 0 fully saturated rings. The summed E-state index contributed by atoms with van der Waals surface area (Å²) in [7, 11) is 1.76. The van der Waals surface area contributed by atoms with Crippen molar-refractivity contribution in [3.05, 3.63) is 35.9 Å². The molecule has 0 aromatic heterocycles. The molecule has 0 aliphatic rings. The van der Waals surface area contributed by atoms with Crippen LogP contribution in [0.4, 0.5) is 0 Å². The van der Waals surface area contributed by atoms with Gasteiger partial charge in [-0.15, -0.1) is 0 Å². The molecule has 1 aromatic rings. The van der Waals surface area contributed by atoms with Crippen molar-refractivity contribution in [1.29, 1.82) is 0 Å². The highest BCUT2D eigenvalue weighted by Crippen LogP contribution is 2.05. The van der Waals surface area contributed by atoms with E-state index < -0.39 is 0 Å². The Morgan fingerprint density at radius 1 is 1.18 bits per heavy atom. The van der Waals surface area contributed by atoms with Crippen LogP contribution in [0.5, 0.6) is 0 Å². The summed E-state index contributed by atoms with van der Waals surface area (Å²) in [5.74, 6) is 0.583. The second kappa shape index (κ2) is 8.26. The van der Waals surface area contributed by atoms with E-state index in [1.165, 1.54) is 12.0 Å². The Labute approximate surface area is 105 Å². The van der Waals surface area contributed by atoms with Gasteiger partial charge in [-0.1, -0.05) is 37.3 Å². The number of nitrogens with one attached hydrogen (secondary N) is 1. The summed E-state index contributed by atoms with van der Waals surface area (Å²) in [6, 6.07) is 11.2. The Morgan fingerprint density at radius 3 is 2.53 bits per heavy atom. The Morgan fingerprint density at radius 2 is 1.88 bits per heavy atom. The zero-order valence-electron chi connectivity index (χ0n) is 11.3. The van der Waals surface area contributed by atoms with E-state index >= 15 is 0 Å². The van der Waals surface area contributed by atoms with E-state index in [-0.39, 0.29) is 0 Å². The number of rotatable bonds is 8. The first-order valence-electron chi connectivity index (χ1n) is 6.48. The molecule has 1 N–H and O–H groups in total. The topological polar surface area (TPSA) is 21.3 Å². The maximum atomic E-state index is 5.13. The number of aryl methyl sites for hydroxylation is 1. The van der Waals surface area contributed by atoms with Gasteiger partial charge in [0, 0.05) is 26.3 Å². The normalized spacial score (nSPS) is 14.5. The number of benzene rings is 1. The first kappa shape index (κ1) is 14.2. The van der Waals surface area contributed by atoms with Crippen LogP contribution in [0.3, 0.4) is 0 Å². The van der Waals surface area contributed by atoms with E-state index in [1.54, 1.807) is 7.11 Å². The van der Waals surface area contributed by atoms with Crippen molar-refractivity contribution >= 4 is 0 Å². The summed E-state index contributed by atoms with van der Waals surface area (Å²) in [6.45, 7) is 6.32. The Bertz CT molecular complexity index is 286. The average Bonchev–Trinajstić information content (AvgIpc) is 2.35. The van der Waals surface area contributed by atoms with Crippen LogP contribution in [0.15, 0.2) is 30.3 Å². The summed E-state index contributed by atoms with van der Waals surface area (Å²) >= 11 is 0. The largest absolute Gasteiger partial charge is 0.384 e. The van der Waals surface area contributed by atoms with Crippen LogP contribution in [-0.2, 0) is 11.2 Å². The fraction of sp³-hybridized carbons (Fsp3) is 0.600. The van der Waals surface area contributed by atoms with E-state index in [2.05, 4.69) is 49.5 Å². The van der Waals surface area contributed by atoms with Crippen LogP contribution in [0.2, 0.25) is 0 Å². The van der Waals surface area contributed by atoms with Crippen LogP contribution in [0, 0.1) is 5.92 Å². The van der Waals surface area contributed by atoms with Crippen LogP contribution >= 0.6 is 0 Å². The number of ether oxygens (including phenoxy) is 1. The molecule has 0 heterocycles. The summed E-state index contributed by atoms with van der Waals surface area (Å²) in [5.41, 5.74) is 1.42. The molecule has 0 bridgehead atoms. The number of hydrogen-bond acceptors (Lipinski definition) is 2. The SMILES string of the molecule is COCC(C)CNC(C)CCc1ccccc1. The molecule has 0 aliphatic heterocycles. The van der Waals surface area contributed by atoms with Gasteiger partial charge in [-0.05, 0) is 31.2 Å². The molecule has 2 nitrogen and oxygen atoms in total. The monoisotopic (exact) mass is 235 g/mol. The molecule has 0 saturated heterocycles. The lowest BCUT2D eigenvalue weighted by Crippen LogP contribution is -2.32. The minimum absolute atomic E-state index is 0.564. The first-order valence-corrected chi connectivity index (χ1v) is 6.48. The quantitative estimate of drug-likeness (QED) is 0.748. The first-order chi connectivity index (χ1) is 8.22. The van der Waals surface area contributed by atoms with Crippen molar-refractivity contribution in [1.82, 2.24) is 5.32 Å². The minimum atomic E-state index is 0.564.